The standard InChI is InChI=1S/C21H30O3/c1-12(22)21-18(24-21)11-17-15-5-4-13-10-14(23)6-8-19(13,2)16(15)7-9-20(17,21)3/h4,14-18,23H,5-11H2,1-3H3/t14?,15?,16?,17?,18?,19-,20-,21+/m0/s1. The van der Waals surface area contributed by atoms with E-state index in [9.17, 15) is 9.90 Å². The Kier molecular flexibility index (Phi) is 2.94. The molecule has 4 aliphatic carbocycles. The SMILES string of the molecule is CC(=O)[C@@]12OC1CC1C3CC=C4CC(O)CC[C@]4(C)C3CC[C@@]12C. The summed E-state index contributed by atoms with van der Waals surface area (Å²) >= 11 is 0. The third kappa shape index (κ3) is 1.60. The summed E-state index contributed by atoms with van der Waals surface area (Å²) in [5.41, 5.74) is 1.39. The molecule has 0 aromatic rings. The Morgan fingerprint density at radius 1 is 1.25 bits per heavy atom. The van der Waals surface area contributed by atoms with E-state index in [0.717, 1.165) is 44.4 Å². The lowest BCUT2D eigenvalue weighted by Crippen LogP contribution is -2.54. The fraction of sp³-hybridized carbons (Fsp3) is 0.857. The average molecular weight is 330 g/mol. The number of rotatable bonds is 1. The van der Waals surface area contributed by atoms with Gasteiger partial charge >= 0.3 is 0 Å². The smallest absolute Gasteiger partial charge is 0.164 e. The summed E-state index contributed by atoms with van der Waals surface area (Å²) in [6, 6.07) is 0. The number of aliphatic hydroxyl groups excluding tert-OH is 1. The minimum atomic E-state index is -0.448. The Balaban J connectivity index is 1.51. The van der Waals surface area contributed by atoms with Gasteiger partial charge in [0.15, 0.2) is 11.4 Å². The lowest BCUT2D eigenvalue weighted by molar-refractivity contribution is -0.135. The van der Waals surface area contributed by atoms with E-state index < -0.39 is 5.60 Å². The van der Waals surface area contributed by atoms with Gasteiger partial charge in [-0.15, -0.1) is 0 Å². The Labute approximate surface area is 144 Å². The van der Waals surface area contributed by atoms with E-state index in [1.807, 2.05) is 0 Å². The van der Waals surface area contributed by atoms with Crippen LogP contribution in [0.15, 0.2) is 11.6 Å². The molecule has 0 bridgehead atoms. The molecule has 5 rings (SSSR count). The van der Waals surface area contributed by atoms with Crippen LogP contribution in [0.25, 0.3) is 0 Å². The number of allylic oxidation sites excluding steroid dienone is 1. The first-order valence-electron chi connectivity index (χ1n) is 9.89. The number of carbonyl (C=O) groups is 1. The molecule has 3 nitrogen and oxygen atoms in total. The van der Waals surface area contributed by atoms with Crippen molar-refractivity contribution < 1.29 is 14.6 Å². The van der Waals surface area contributed by atoms with Crippen LogP contribution < -0.4 is 0 Å². The summed E-state index contributed by atoms with van der Waals surface area (Å²) in [7, 11) is 0. The topological polar surface area (TPSA) is 49.8 Å². The second-order valence-electron chi connectivity index (χ2n) is 9.75. The van der Waals surface area contributed by atoms with Crippen LogP contribution in [-0.4, -0.2) is 28.7 Å². The molecule has 5 unspecified atom stereocenters. The predicted octanol–water partition coefficient (Wildman–Crippen LogP) is 3.65. The van der Waals surface area contributed by atoms with Gasteiger partial charge in [-0.2, -0.15) is 0 Å². The van der Waals surface area contributed by atoms with Crippen LogP contribution in [0.3, 0.4) is 0 Å². The molecule has 0 aromatic heterocycles. The molecule has 24 heavy (non-hydrogen) atoms. The first-order valence-corrected chi connectivity index (χ1v) is 9.89. The maximum absolute atomic E-state index is 12.4. The highest BCUT2D eigenvalue weighted by Gasteiger charge is 2.79. The molecule has 0 radical (unpaired) electrons. The number of ketones is 1. The summed E-state index contributed by atoms with van der Waals surface area (Å²) in [4.78, 5) is 12.4. The Morgan fingerprint density at radius 2 is 2.04 bits per heavy atom. The number of aliphatic hydroxyl groups is 1. The number of hydrogen-bond acceptors (Lipinski definition) is 3. The minimum Gasteiger partial charge on any atom is -0.393 e. The maximum atomic E-state index is 12.4. The third-order valence-corrected chi connectivity index (χ3v) is 9.03. The first kappa shape index (κ1) is 15.6. The van der Waals surface area contributed by atoms with Gasteiger partial charge in [-0.25, -0.2) is 0 Å². The van der Waals surface area contributed by atoms with E-state index in [-0.39, 0.29) is 28.8 Å². The largest absolute Gasteiger partial charge is 0.393 e. The van der Waals surface area contributed by atoms with Crippen LogP contribution in [0, 0.1) is 28.6 Å². The second kappa shape index (κ2) is 4.54. The monoisotopic (exact) mass is 330 g/mol. The van der Waals surface area contributed by atoms with Crippen molar-refractivity contribution in [2.45, 2.75) is 83.5 Å². The molecule has 1 heterocycles. The average Bonchev–Trinajstić information content (AvgIpc) is 3.21. The summed E-state index contributed by atoms with van der Waals surface area (Å²) in [6.07, 6.45) is 10.0. The van der Waals surface area contributed by atoms with Crippen LogP contribution in [-0.2, 0) is 9.53 Å². The van der Waals surface area contributed by atoms with Gasteiger partial charge in [-0.05, 0) is 75.0 Å². The van der Waals surface area contributed by atoms with Crippen LogP contribution in [0.2, 0.25) is 0 Å². The van der Waals surface area contributed by atoms with E-state index in [2.05, 4.69) is 19.9 Å². The first-order chi connectivity index (χ1) is 11.3. The van der Waals surface area contributed by atoms with E-state index >= 15 is 0 Å². The van der Waals surface area contributed by atoms with E-state index in [0.29, 0.717) is 11.8 Å². The fourth-order valence-electron chi connectivity index (χ4n) is 7.71. The van der Waals surface area contributed by atoms with Gasteiger partial charge < -0.3 is 9.84 Å². The normalized spacial score (nSPS) is 58.0. The van der Waals surface area contributed by atoms with Crippen molar-refractivity contribution in [2.24, 2.45) is 28.6 Å². The molecular weight excluding hydrogens is 300 g/mol. The van der Waals surface area contributed by atoms with Crippen molar-refractivity contribution in [1.82, 2.24) is 0 Å². The molecule has 1 aliphatic heterocycles. The summed E-state index contributed by atoms with van der Waals surface area (Å²) < 4.78 is 6.00. The number of epoxide rings is 1. The third-order valence-electron chi connectivity index (χ3n) is 9.03. The predicted molar refractivity (Wildman–Crippen MR) is 91.4 cm³/mol. The van der Waals surface area contributed by atoms with Gasteiger partial charge in [-0.3, -0.25) is 4.79 Å². The Bertz CT molecular complexity index is 639. The molecule has 1 saturated heterocycles. The molecule has 0 spiro atoms. The van der Waals surface area contributed by atoms with Gasteiger partial charge in [-0.1, -0.05) is 25.5 Å². The highest BCUT2D eigenvalue weighted by atomic mass is 16.6. The molecule has 3 heteroatoms. The molecule has 3 saturated carbocycles. The lowest BCUT2D eigenvalue weighted by Gasteiger charge is -2.58. The number of ether oxygens (including phenoxy) is 1. The lowest BCUT2D eigenvalue weighted by atomic mass is 9.47. The molecule has 1 N–H and O–H groups in total. The molecule has 4 fully saturated rings. The van der Waals surface area contributed by atoms with Gasteiger partial charge in [0.25, 0.3) is 0 Å². The zero-order valence-electron chi connectivity index (χ0n) is 15.2. The molecule has 8 atom stereocenters. The minimum absolute atomic E-state index is 0.0422. The van der Waals surface area contributed by atoms with Gasteiger partial charge in [0.2, 0.25) is 0 Å². The van der Waals surface area contributed by atoms with Gasteiger partial charge in [0.1, 0.15) is 0 Å². The van der Waals surface area contributed by atoms with E-state index in [1.54, 1.807) is 6.92 Å². The zero-order valence-corrected chi connectivity index (χ0v) is 15.2. The van der Waals surface area contributed by atoms with Crippen molar-refractivity contribution in [2.75, 3.05) is 0 Å². The quantitative estimate of drug-likeness (QED) is 0.590. The highest BCUT2D eigenvalue weighted by Crippen LogP contribution is 2.73. The van der Waals surface area contributed by atoms with Crippen molar-refractivity contribution in [3.05, 3.63) is 11.6 Å². The second-order valence-corrected chi connectivity index (χ2v) is 9.75. The van der Waals surface area contributed by atoms with E-state index in [4.69, 9.17) is 4.74 Å². The van der Waals surface area contributed by atoms with Crippen molar-refractivity contribution in [3.8, 4) is 0 Å². The maximum Gasteiger partial charge on any atom is 0.164 e. The summed E-state index contributed by atoms with van der Waals surface area (Å²) in [5.74, 6) is 2.31. The number of carbonyl (C=O) groups excluding carboxylic acids is 1. The number of Topliss-reactive ketones (excluding diaryl/α,β-unsaturated/α-hetero) is 1. The van der Waals surface area contributed by atoms with Crippen molar-refractivity contribution >= 4 is 5.78 Å². The highest BCUT2D eigenvalue weighted by molar-refractivity contribution is 5.90. The van der Waals surface area contributed by atoms with E-state index in [1.165, 1.54) is 12.0 Å². The zero-order chi connectivity index (χ0) is 16.9. The molecule has 0 amide bonds. The van der Waals surface area contributed by atoms with Crippen molar-refractivity contribution in [1.29, 1.82) is 0 Å². The Morgan fingerprint density at radius 3 is 2.79 bits per heavy atom. The number of hydrogen-bond donors (Lipinski definition) is 1. The number of fused-ring (bicyclic) bond motifs is 7. The molecule has 132 valence electrons. The summed E-state index contributed by atoms with van der Waals surface area (Å²) in [6.45, 7) is 6.54. The Hall–Kier alpha value is -0.670. The van der Waals surface area contributed by atoms with Crippen LogP contribution in [0.1, 0.15) is 65.7 Å². The van der Waals surface area contributed by atoms with Crippen molar-refractivity contribution in [3.63, 3.8) is 0 Å². The van der Waals surface area contributed by atoms with Gasteiger partial charge in [0.05, 0.1) is 12.2 Å². The van der Waals surface area contributed by atoms with Crippen LogP contribution >= 0.6 is 0 Å². The molecule has 5 aliphatic rings. The molecular formula is C21H30O3. The fourth-order valence-corrected chi connectivity index (χ4v) is 7.71. The summed E-state index contributed by atoms with van der Waals surface area (Å²) in [5, 5.41) is 10.1. The van der Waals surface area contributed by atoms with Crippen LogP contribution in [0.4, 0.5) is 0 Å². The van der Waals surface area contributed by atoms with Crippen LogP contribution in [0.5, 0.6) is 0 Å². The van der Waals surface area contributed by atoms with Gasteiger partial charge in [0, 0.05) is 5.41 Å². The molecule has 0 aromatic carbocycles.